The van der Waals surface area contributed by atoms with Crippen molar-refractivity contribution in [2.45, 2.75) is 424 Å². The fourth-order valence-corrected chi connectivity index (χ4v) is 11.6. The average Bonchev–Trinajstić information content (AvgIpc) is 3.44. The maximum Gasteiger partial charge on any atom is 0.220 e. The van der Waals surface area contributed by atoms with E-state index in [9.17, 15) is 15.0 Å². The second-order valence-electron chi connectivity index (χ2n) is 25.0. The molecule has 0 aliphatic rings. The summed E-state index contributed by atoms with van der Waals surface area (Å²) in [4.78, 5) is 12.5. The molecule has 2 atom stereocenters. The molecule has 2 unspecified atom stereocenters. The van der Waals surface area contributed by atoms with Crippen LogP contribution < -0.4 is 5.32 Å². The number of carbonyl (C=O) groups is 1. The SMILES string of the molecule is CCCCCCCCCCCCCCCCCCCCCCCC/C=C/CC/C=C/CC/C=C/C(O)C(CO)NC(=O)CCCCCCCCCCCCCCCCCCCCCCCCCCCCCCCCCCCC. The van der Waals surface area contributed by atoms with Gasteiger partial charge in [0, 0.05) is 6.42 Å². The third-order valence-corrected chi connectivity index (χ3v) is 17.1. The van der Waals surface area contributed by atoms with Crippen LogP contribution in [0.25, 0.3) is 0 Å². The molecule has 0 aliphatic heterocycles. The van der Waals surface area contributed by atoms with Crippen LogP contribution in [-0.4, -0.2) is 34.9 Å². The number of aliphatic hydroxyl groups is 2. The Balaban J connectivity index is 3.45. The first-order valence-corrected chi connectivity index (χ1v) is 36.2. The van der Waals surface area contributed by atoms with Crippen molar-refractivity contribution >= 4 is 5.91 Å². The first-order chi connectivity index (χ1) is 38.7. The Bertz CT molecular complexity index is 1190. The van der Waals surface area contributed by atoms with Crippen LogP contribution in [0.4, 0.5) is 0 Å². The van der Waals surface area contributed by atoms with E-state index in [0.717, 1.165) is 38.5 Å². The second kappa shape index (κ2) is 69.9. The highest BCUT2D eigenvalue weighted by Crippen LogP contribution is 2.19. The summed E-state index contributed by atoms with van der Waals surface area (Å²) in [5, 5.41) is 23.3. The van der Waals surface area contributed by atoms with Gasteiger partial charge in [-0.25, -0.2) is 0 Å². The number of rotatable bonds is 68. The maximum absolute atomic E-state index is 12.5. The van der Waals surface area contributed by atoms with E-state index in [-0.39, 0.29) is 12.5 Å². The molecule has 0 aromatic carbocycles. The predicted molar refractivity (Wildman–Crippen MR) is 350 cm³/mol. The summed E-state index contributed by atoms with van der Waals surface area (Å²) in [6, 6.07) is -0.646. The highest BCUT2D eigenvalue weighted by molar-refractivity contribution is 5.76. The van der Waals surface area contributed by atoms with Gasteiger partial charge in [-0.3, -0.25) is 4.79 Å². The highest BCUT2D eigenvalue weighted by atomic mass is 16.3. The summed E-state index contributed by atoms with van der Waals surface area (Å²) in [6.07, 6.45) is 96.9. The van der Waals surface area contributed by atoms with Gasteiger partial charge in [-0.05, 0) is 44.9 Å². The average molecular weight is 1090 g/mol. The number of hydrogen-bond acceptors (Lipinski definition) is 3. The Morgan fingerprint density at radius 3 is 0.744 bits per heavy atom. The Morgan fingerprint density at radius 2 is 0.500 bits per heavy atom. The third-order valence-electron chi connectivity index (χ3n) is 17.1. The van der Waals surface area contributed by atoms with E-state index in [1.54, 1.807) is 6.08 Å². The van der Waals surface area contributed by atoms with Gasteiger partial charge in [-0.1, -0.05) is 397 Å². The lowest BCUT2D eigenvalue weighted by molar-refractivity contribution is -0.123. The van der Waals surface area contributed by atoms with Crippen LogP contribution in [0.2, 0.25) is 0 Å². The van der Waals surface area contributed by atoms with Crippen LogP contribution in [0.3, 0.4) is 0 Å². The minimum absolute atomic E-state index is 0.0691. The van der Waals surface area contributed by atoms with E-state index in [4.69, 9.17) is 0 Å². The van der Waals surface area contributed by atoms with Crippen molar-refractivity contribution in [2.75, 3.05) is 6.61 Å². The highest BCUT2D eigenvalue weighted by Gasteiger charge is 2.18. The predicted octanol–water partition coefficient (Wildman–Crippen LogP) is 24.7. The monoisotopic (exact) mass is 1090 g/mol. The molecule has 0 fully saturated rings. The van der Waals surface area contributed by atoms with Crippen molar-refractivity contribution in [1.82, 2.24) is 5.32 Å². The number of nitrogens with one attached hydrogen (secondary N) is 1. The van der Waals surface area contributed by atoms with Gasteiger partial charge in [0.15, 0.2) is 0 Å². The molecule has 0 rings (SSSR count). The Kier molecular flexibility index (Phi) is 68.6. The molecule has 1 amide bonds. The largest absolute Gasteiger partial charge is 0.394 e. The molecule has 4 nitrogen and oxygen atoms in total. The zero-order valence-corrected chi connectivity index (χ0v) is 53.5. The first-order valence-electron chi connectivity index (χ1n) is 36.2. The van der Waals surface area contributed by atoms with Crippen molar-refractivity contribution < 1.29 is 15.0 Å². The molecule has 0 aromatic heterocycles. The minimum Gasteiger partial charge on any atom is -0.394 e. The lowest BCUT2D eigenvalue weighted by atomic mass is 10.0. The summed E-state index contributed by atoms with van der Waals surface area (Å²) < 4.78 is 0. The Hall–Kier alpha value is -1.39. The van der Waals surface area contributed by atoms with Crippen LogP contribution in [0.15, 0.2) is 36.5 Å². The molecule has 4 heteroatoms. The molecule has 462 valence electrons. The summed E-state index contributed by atoms with van der Waals surface area (Å²) in [5.74, 6) is -0.0691. The van der Waals surface area contributed by atoms with Gasteiger partial charge >= 0.3 is 0 Å². The molecule has 0 aromatic rings. The Labute approximate surface area is 491 Å². The lowest BCUT2D eigenvalue weighted by Gasteiger charge is -2.19. The fourth-order valence-electron chi connectivity index (χ4n) is 11.6. The number of carbonyl (C=O) groups excluding carboxylic acids is 1. The van der Waals surface area contributed by atoms with E-state index in [1.165, 1.54) is 353 Å². The van der Waals surface area contributed by atoms with Crippen molar-refractivity contribution in [3.05, 3.63) is 36.5 Å². The standard InChI is InChI=1S/C74H143NO3/c1-3-5-7-9-11-13-15-17-19-21-23-25-27-29-31-33-35-37-38-40-42-44-46-48-50-52-54-56-58-60-62-64-66-68-70-74(78)75-72(71-76)73(77)69-67-65-63-61-59-57-55-53-51-49-47-45-43-41-39-36-34-32-30-28-26-24-22-20-18-16-14-12-10-8-6-4-2/h51,53,59,61,67,69,72-73,76-77H,3-50,52,54-58,60,62-66,68,70-71H2,1-2H3,(H,75,78)/b53-51+,61-59+,69-67+. The smallest absolute Gasteiger partial charge is 0.220 e. The molecular weight excluding hydrogens is 951 g/mol. The molecular formula is C74H143NO3. The Morgan fingerprint density at radius 1 is 0.295 bits per heavy atom. The van der Waals surface area contributed by atoms with E-state index in [1.807, 2.05) is 6.08 Å². The van der Waals surface area contributed by atoms with Crippen LogP contribution in [0.1, 0.15) is 412 Å². The minimum atomic E-state index is -0.871. The number of amides is 1. The van der Waals surface area contributed by atoms with E-state index in [0.29, 0.717) is 6.42 Å². The maximum atomic E-state index is 12.5. The van der Waals surface area contributed by atoms with Gasteiger partial charge in [-0.15, -0.1) is 0 Å². The molecule has 78 heavy (non-hydrogen) atoms. The van der Waals surface area contributed by atoms with E-state index in [2.05, 4.69) is 43.5 Å². The van der Waals surface area contributed by atoms with Crippen molar-refractivity contribution in [3.8, 4) is 0 Å². The molecule has 3 N–H and O–H groups in total. The molecule has 0 heterocycles. The van der Waals surface area contributed by atoms with Gasteiger partial charge < -0.3 is 15.5 Å². The quantitative estimate of drug-likeness (QED) is 0.0420. The summed E-state index contributed by atoms with van der Waals surface area (Å²) >= 11 is 0. The normalized spacial score (nSPS) is 12.8. The summed E-state index contributed by atoms with van der Waals surface area (Å²) in [6.45, 7) is 4.35. The zero-order chi connectivity index (χ0) is 56.2. The number of aliphatic hydroxyl groups excluding tert-OH is 2. The van der Waals surface area contributed by atoms with Gasteiger partial charge in [0.1, 0.15) is 0 Å². The van der Waals surface area contributed by atoms with E-state index < -0.39 is 12.1 Å². The van der Waals surface area contributed by atoms with Gasteiger partial charge in [0.25, 0.3) is 0 Å². The molecule has 0 radical (unpaired) electrons. The van der Waals surface area contributed by atoms with Crippen molar-refractivity contribution in [2.24, 2.45) is 0 Å². The van der Waals surface area contributed by atoms with Crippen LogP contribution in [0, 0.1) is 0 Å². The second-order valence-corrected chi connectivity index (χ2v) is 25.0. The van der Waals surface area contributed by atoms with Gasteiger partial charge in [0.05, 0.1) is 18.8 Å². The first kappa shape index (κ1) is 76.6. The molecule has 0 saturated carbocycles. The fraction of sp³-hybridized carbons (Fsp3) is 0.905. The number of unbranched alkanes of at least 4 members (excludes halogenated alkanes) is 57. The summed E-state index contributed by atoms with van der Waals surface area (Å²) in [7, 11) is 0. The van der Waals surface area contributed by atoms with E-state index >= 15 is 0 Å². The third kappa shape index (κ3) is 65.4. The number of allylic oxidation sites excluding steroid dienone is 5. The van der Waals surface area contributed by atoms with Crippen LogP contribution in [-0.2, 0) is 4.79 Å². The molecule has 0 bridgehead atoms. The zero-order valence-electron chi connectivity index (χ0n) is 53.5. The van der Waals surface area contributed by atoms with Crippen LogP contribution >= 0.6 is 0 Å². The number of hydrogen-bond donors (Lipinski definition) is 3. The lowest BCUT2D eigenvalue weighted by Crippen LogP contribution is -2.45. The van der Waals surface area contributed by atoms with Gasteiger partial charge in [-0.2, -0.15) is 0 Å². The topological polar surface area (TPSA) is 69.6 Å². The molecule has 0 aliphatic carbocycles. The van der Waals surface area contributed by atoms with Crippen molar-refractivity contribution in [1.29, 1.82) is 0 Å². The molecule has 0 spiro atoms. The van der Waals surface area contributed by atoms with Crippen molar-refractivity contribution in [3.63, 3.8) is 0 Å². The van der Waals surface area contributed by atoms with Crippen LogP contribution in [0.5, 0.6) is 0 Å². The molecule has 0 saturated heterocycles. The summed E-state index contributed by atoms with van der Waals surface area (Å²) in [5.41, 5.74) is 0. The van der Waals surface area contributed by atoms with Gasteiger partial charge in [0.2, 0.25) is 5.91 Å².